The molecule has 2 heterocycles. The summed E-state index contributed by atoms with van der Waals surface area (Å²) in [6.45, 7) is 4.80. The first kappa shape index (κ1) is 29.9. The highest BCUT2D eigenvalue weighted by atomic mass is 16.5. The van der Waals surface area contributed by atoms with Crippen molar-refractivity contribution in [2.24, 2.45) is 0 Å². The summed E-state index contributed by atoms with van der Waals surface area (Å²) in [4.78, 5) is 5.12. The van der Waals surface area contributed by atoms with Crippen molar-refractivity contribution in [1.82, 2.24) is 4.98 Å². The van der Waals surface area contributed by atoms with Crippen molar-refractivity contribution in [3.63, 3.8) is 0 Å². The molecule has 7 aromatic rings. The van der Waals surface area contributed by atoms with Crippen LogP contribution in [0.4, 0.5) is 0 Å². The van der Waals surface area contributed by atoms with Gasteiger partial charge in [0, 0.05) is 27.5 Å². The molecule has 2 aliphatic carbocycles. The van der Waals surface area contributed by atoms with Gasteiger partial charge >= 0.3 is 0 Å². The molecule has 2 nitrogen and oxygen atoms in total. The molecule has 0 atom stereocenters. The number of hydrogen-bond donors (Lipinski definition) is 0. The SMILES string of the molecule is CC1(C)C2=C(CCC=C2)C2(c3ccccc3Oc3ccccc32)c2cc(-c3ccc(-c4cc(-c5ccccc5)c5ccccc5n4)cc3)ccc21. The summed E-state index contributed by atoms with van der Waals surface area (Å²) in [5.74, 6) is 1.88. The van der Waals surface area contributed by atoms with Gasteiger partial charge in [0.1, 0.15) is 11.5 Å². The lowest BCUT2D eigenvalue weighted by atomic mass is 9.52. The van der Waals surface area contributed by atoms with Gasteiger partial charge < -0.3 is 4.74 Å². The van der Waals surface area contributed by atoms with Gasteiger partial charge in [0.2, 0.25) is 0 Å². The summed E-state index contributed by atoms with van der Waals surface area (Å²) < 4.78 is 6.64. The smallest absolute Gasteiger partial charge is 0.132 e. The molecule has 2 heteroatoms. The summed E-state index contributed by atoms with van der Waals surface area (Å²) in [5.41, 5.74) is 15.4. The first-order valence-electron chi connectivity index (χ1n) is 18.0. The molecular weight excluding hydrogens is 619 g/mol. The summed E-state index contributed by atoms with van der Waals surface area (Å²) in [6.07, 6.45) is 6.81. The van der Waals surface area contributed by atoms with Gasteiger partial charge in [-0.15, -0.1) is 0 Å². The van der Waals surface area contributed by atoms with E-state index in [9.17, 15) is 0 Å². The minimum absolute atomic E-state index is 0.143. The number of rotatable bonds is 3. The van der Waals surface area contributed by atoms with Gasteiger partial charge in [-0.1, -0.05) is 147 Å². The lowest BCUT2D eigenvalue weighted by Gasteiger charge is -2.51. The van der Waals surface area contributed by atoms with Crippen LogP contribution >= 0.6 is 0 Å². The number of benzene rings is 6. The van der Waals surface area contributed by atoms with E-state index in [0.717, 1.165) is 46.5 Å². The Morgan fingerprint density at radius 2 is 1.20 bits per heavy atom. The first-order valence-corrected chi connectivity index (χ1v) is 18.0. The predicted octanol–water partition coefficient (Wildman–Crippen LogP) is 12.6. The van der Waals surface area contributed by atoms with Crippen LogP contribution in [0.5, 0.6) is 11.5 Å². The third-order valence-corrected chi connectivity index (χ3v) is 11.5. The molecule has 0 bridgehead atoms. The Morgan fingerprint density at radius 3 is 1.96 bits per heavy atom. The molecular formula is C49H37NO. The Morgan fingerprint density at radius 1 is 0.549 bits per heavy atom. The van der Waals surface area contributed by atoms with Gasteiger partial charge in [-0.2, -0.15) is 0 Å². The van der Waals surface area contributed by atoms with Crippen LogP contribution in [-0.2, 0) is 10.8 Å². The number of aromatic nitrogens is 1. The number of ether oxygens (including phenoxy) is 1. The molecule has 0 N–H and O–H groups in total. The average molecular weight is 656 g/mol. The van der Waals surface area contributed by atoms with E-state index in [1.165, 1.54) is 55.7 Å². The van der Waals surface area contributed by atoms with Gasteiger partial charge in [0.15, 0.2) is 0 Å². The molecule has 0 saturated carbocycles. The fourth-order valence-electron chi connectivity index (χ4n) is 9.15. The van der Waals surface area contributed by atoms with Crippen molar-refractivity contribution in [2.45, 2.75) is 37.5 Å². The van der Waals surface area contributed by atoms with Gasteiger partial charge in [-0.05, 0) is 87.7 Å². The van der Waals surface area contributed by atoms with E-state index in [2.05, 4.69) is 178 Å². The minimum atomic E-state index is -0.449. The highest BCUT2D eigenvalue weighted by molar-refractivity contribution is 5.96. The zero-order chi connectivity index (χ0) is 34.2. The molecule has 6 aromatic carbocycles. The van der Waals surface area contributed by atoms with Crippen molar-refractivity contribution < 1.29 is 4.74 Å². The van der Waals surface area contributed by atoms with E-state index in [-0.39, 0.29) is 5.41 Å². The van der Waals surface area contributed by atoms with Crippen molar-refractivity contribution >= 4 is 10.9 Å². The Bertz CT molecular complexity index is 2530. The van der Waals surface area contributed by atoms with E-state index in [0.29, 0.717) is 0 Å². The Kier molecular flexibility index (Phi) is 6.60. The fourth-order valence-corrected chi connectivity index (χ4v) is 9.15. The Labute approximate surface area is 299 Å². The van der Waals surface area contributed by atoms with Gasteiger partial charge in [-0.3, -0.25) is 0 Å². The van der Waals surface area contributed by atoms with E-state index in [1.807, 2.05) is 0 Å². The normalized spacial score (nSPS) is 16.2. The molecule has 0 saturated heterocycles. The maximum absolute atomic E-state index is 6.64. The van der Waals surface area contributed by atoms with Crippen LogP contribution < -0.4 is 4.74 Å². The second kappa shape index (κ2) is 11.3. The second-order valence-corrected chi connectivity index (χ2v) is 14.6. The highest BCUT2D eigenvalue weighted by Crippen LogP contribution is 2.63. The lowest BCUT2D eigenvalue weighted by molar-refractivity contribution is 0.418. The summed E-state index contributed by atoms with van der Waals surface area (Å²) in [5, 5.41) is 1.16. The second-order valence-electron chi connectivity index (χ2n) is 14.6. The Balaban J connectivity index is 1.15. The zero-order valence-electron chi connectivity index (χ0n) is 28.9. The third kappa shape index (κ3) is 4.39. The number of allylic oxidation sites excluding steroid dienone is 4. The van der Waals surface area contributed by atoms with Crippen LogP contribution in [0.2, 0.25) is 0 Å². The maximum atomic E-state index is 6.64. The van der Waals surface area contributed by atoms with Crippen molar-refractivity contribution in [1.29, 1.82) is 0 Å². The lowest BCUT2D eigenvalue weighted by Crippen LogP contribution is -2.44. The fraction of sp³-hybridized carbons (Fsp3) is 0.122. The molecule has 51 heavy (non-hydrogen) atoms. The highest BCUT2D eigenvalue weighted by Gasteiger charge is 2.53. The van der Waals surface area contributed by atoms with E-state index in [4.69, 9.17) is 9.72 Å². The van der Waals surface area contributed by atoms with Crippen molar-refractivity contribution in [2.75, 3.05) is 0 Å². The number of fused-ring (bicyclic) bond motifs is 8. The van der Waals surface area contributed by atoms with Crippen LogP contribution in [-0.4, -0.2) is 4.98 Å². The predicted molar refractivity (Wildman–Crippen MR) is 209 cm³/mol. The summed E-state index contributed by atoms with van der Waals surface area (Å²) in [6, 6.07) is 54.8. The number of hydrogen-bond acceptors (Lipinski definition) is 2. The number of nitrogens with zero attached hydrogens (tertiary/aromatic N) is 1. The summed E-state index contributed by atoms with van der Waals surface area (Å²) in [7, 11) is 0. The first-order chi connectivity index (χ1) is 25.0. The van der Waals surface area contributed by atoms with Crippen molar-refractivity contribution in [3.8, 4) is 45.0 Å². The molecule has 0 radical (unpaired) electrons. The maximum Gasteiger partial charge on any atom is 0.132 e. The molecule has 1 aliphatic heterocycles. The number of pyridine rings is 1. The molecule has 1 spiro atoms. The van der Waals surface area contributed by atoms with Crippen LogP contribution in [0.1, 0.15) is 48.9 Å². The molecule has 10 rings (SSSR count). The van der Waals surface area contributed by atoms with E-state index in [1.54, 1.807) is 0 Å². The zero-order valence-corrected chi connectivity index (χ0v) is 28.9. The molecule has 0 amide bonds. The molecule has 0 fully saturated rings. The Hall–Kier alpha value is -5.99. The average Bonchev–Trinajstić information content (AvgIpc) is 3.19. The molecule has 244 valence electrons. The monoisotopic (exact) mass is 655 g/mol. The third-order valence-electron chi connectivity index (χ3n) is 11.5. The van der Waals surface area contributed by atoms with Gasteiger partial charge in [-0.25, -0.2) is 4.98 Å². The van der Waals surface area contributed by atoms with Crippen molar-refractivity contribution in [3.05, 3.63) is 197 Å². The minimum Gasteiger partial charge on any atom is -0.457 e. The largest absolute Gasteiger partial charge is 0.457 e. The van der Waals surface area contributed by atoms with Gasteiger partial charge in [0.25, 0.3) is 0 Å². The van der Waals surface area contributed by atoms with Crippen LogP contribution in [0.25, 0.3) is 44.4 Å². The molecule has 0 unspecified atom stereocenters. The quantitative estimate of drug-likeness (QED) is 0.189. The van der Waals surface area contributed by atoms with Crippen LogP contribution in [0.3, 0.4) is 0 Å². The van der Waals surface area contributed by atoms with E-state index < -0.39 is 5.41 Å². The van der Waals surface area contributed by atoms with Crippen LogP contribution in [0.15, 0.2) is 175 Å². The van der Waals surface area contributed by atoms with E-state index >= 15 is 0 Å². The summed E-state index contributed by atoms with van der Waals surface area (Å²) >= 11 is 0. The number of para-hydroxylation sites is 3. The van der Waals surface area contributed by atoms with Gasteiger partial charge in [0.05, 0.1) is 16.6 Å². The molecule has 1 aromatic heterocycles. The molecule has 3 aliphatic rings. The standard InChI is InChI=1S/C49H37NO/c1-48(2)38-17-7-8-18-40(38)49(41-19-9-12-22-46(41)51-47-23-13-10-20-42(47)49)43-30-35(28-29-39(43)48)32-24-26-34(27-25-32)45-31-37(33-14-4-3-5-15-33)36-16-6-11-21-44(36)50-45/h3-7,9-17,19-31H,8,18H2,1-2H3. The van der Waals surface area contributed by atoms with Crippen LogP contribution in [0, 0.1) is 0 Å². The topological polar surface area (TPSA) is 22.1 Å².